The first kappa shape index (κ1) is 10.4. The molecule has 0 aliphatic heterocycles. The Kier molecular flexibility index (Phi) is 3.00. The minimum atomic E-state index is 0.500. The van der Waals surface area contributed by atoms with Crippen LogP contribution in [0.25, 0.3) is 0 Å². The first-order chi connectivity index (χ1) is 7.78. The molecule has 6 heteroatoms. The Labute approximate surface area is 92.7 Å². The molecule has 1 N–H and O–H groups in total. The number of hydrogen-bond donors (Lipinski definition) is 1. The van der Waals surface area contributed by atoms with Crippen LogP contribution in [-0.4, -0.2) is 22.2 Å². The zero-order valence-electron chi connectivity index (χ0n) is 9.10. The summed E-state index contributed by atoms with van der Waals surface area (Å²) in [7, 11) is 1.56. The zero-order valence-corrected chi connectivity index (χ0v) is 9.10. The van der Waals surface area contributed by atoms with Crippen molar-refractivity contribution in [1.82, 2.24) is 15.1 Å². The van der Waals surface area contributed by atoms with Crippen LogP contribution in [0, 0.1) is 6.92 Å². The van der Waals surface area contributed by atoms with Gasteiger partial charge in [0.25, 0.3) is 0 Å². The third-order valence-electron chi connectivity index (χ3n) is 1.94. The summed E-state index contributed by atoms with van der Waals surface area (Å²) in [5, 5.41) is 6.87. The number of hydrogen-bond acceptors (Lipinski definition) is 6. The van der Waals surface area contributed by atoms with Gasteiger partial charge in [-0.3, -0.25) is 0 Å². The average molecular weight is 220 g/mol. The molecule has 84 valence electrons. The van der Waals surface area contributed by atoms with Gasteiger partial charge in [0.15, 0.2) is 0 Å². The number of nitrogens with one attached hydrogen (secondary N) is 1. The van der Waals surface area contributed by atoms with Gasteiger partial charge in [-0.05, 0) is 6.92 Å². The minimum Gasteiger partial charge on any atom is -0.481 e. The molecule has 0 aliphatic rings. The van der Waals surface area contributed by atoms with E-state index in [0.717, 1.165) is 11.5 Å². The van der Waals surface area contributed by atoms with Gasteiger partial charge in [-0.15, -0.1) is 0 Å². The SMILES string of the molecule is COc1ccnc(NCc2cc(C)on2)n1. The van der Waals surface area contributed by atoms with E-state index < -0.39 is 0 Å². The maximum Gasteiger partial charge on any atom is 0.226 e. The van der Waals surface area contributed by atoms with Crippen LogP contribution in [0.4, 0.5) is 5.95 Å². The molecule has 2 heterocycles. The number of methoxy groups -OCH3 is 1. The first-order valence-corrected chi connectivity index (χ1v) is 4.81. The van der Waals surface area contributed by atoms with Crippen LogP contribution in [0.15, 0.2) is 22.9 Å². The van der Waals surface area contributed by atoms with Crippen LogP contribution in [-0.2, 0) is 6.54 Å². The van der Waals surface area contributed by atoms with Crippen molar-refractivity contribution in [3.8, 4) is 5.88 Å². The van der Waals surface area contributed by atoms with Gasteiger partial charge < -0.3 is 14.6 Å². The summed E-state index contributed by atoms with van der Waals surface area (Å²) in [5.74, 6) is 1.80. The molecule has 0 bridgehead atoms. The zero-order chi connectivity index (χ0) is 11.4. The van der Waals surface area contributed by atoms with Crippen LogP contribution in [0.2, 0.25) is 0 Å². The lowest BCUT2D eigenvalue weighted by atomic mass is 10.4. The lowest BCUT2D eigenvalue weighted by Gasteiger charge is -2.03. The van der Waals surface area contributed by atoms with Crippen LogP contribution in [0.3, 0.4) is 0 Å². The highest BCUT2D eigenvalue weighted by molar-refractivity contribution is 5.28. The molecule has 0 fully saturated rings. The molecule has 2 aromatic rings. The van der Waals surface area contributed by atoms with Crippen molar-refractivity contribution in [2.24, 2.45) is 0 Å². The summed E-state index contributed by atoms with van der Waals surface area (Å²) in [6.45, 7) is 2.36. The molecule has 0 saturated heterocycles. The molecule has 0 atom stereocenters. The molecular formula is C10H12N4O2. The van der Waals surface area contributed by atoms with Crippen LogP contribution < -0.4 is 10.1 Å². The Morgan fingerprint density at radius 1 is 1.50 bits per heavy atom. The quantitative estimate of drug-likeness (QED) is 0.839. The van der Waals surface area contributed by atoms with E-state index >= 15 is 0 Å². The molecule has 0 saturated carbocycles. The van der Waals surface area contributed by atoms with E-state index in [4.69, 9.17) is 9.26 Å². The van der Waals surface area contributed by atoms with E-state index in [1.807, 2.05) is 13.0 Å². The smallest absolute Gasteiger partial charge is 0.226 e. The fraction of sp³-hybridized carbons (Fsp3) is 0.300. The van der Waals surface area contributed by atoms with E-state index in [0.29, 0.717) is 18.4 Å². The Bertz CT molecular complexity index is 469. The fourth-order valence-electron chi connectivity index (χ4n) is 1.21. The highest BCUT2D eigenvalue weighted by Crippen LogP contribution is 2.09. The van der Waals surface area contributed by atoms with E-state index in [1.165, 1.54) is 0 Å². The van der Waals surface area contributed by atoms with Crippen LogP contribution >= 0.6 is 0 Å². The van der Waals surface area contributed by atoms with Crippen molar-refractivity contribution in [1.29, 1.82) is 0 Å². The number of ether oxygens (including phenoxy) is 1. The lowest BCUT2D eigenvalue weighted by Crippen LogP contribution is -2.04. The van der Waals surface area contributed by atoms with Crippen molar-refractivity contribution >= 4 is 5.95 Å². The summed E-state index contributed by atoms with van der Waals surface area (Å²) >= 11 is 0. The van der Waals surface area contributed by atoms with Gasteiger partial charge in [0.2, 0.25) is 11.8 Å². The standard InChI is InChI=1S/C10H12N4O2/c1-7-5-8(14-16-7)6-12-10-11-4-3-9(13-10)15-2/h3-5H,6H2,1-2H3,(H,11,12,13). The number of nitrogens with zero attached hydrogens (tertiary/aromatic N) is 3. The molecule has 2 rings (SSSR count). The predicted molar refractivity (Wildman–Crippen MR) is 57.2 cm³/mol. The second-order valence-electron chi connectivity index (χ2n) is 3.21. The van der Waals surface area contributed by atoms with E-state index in [1.54, 1.807) is 19.4 Å². The molecule has 0 radical (unpaired) electrons. The number of aromatic nitrogens is 3. The number of rotatable bonds is 4. The third kappa shape index (κ3) is 2.47. The summed E-state index contributed by atoms with van der Waals surface area (Å²) in [6, 6.07) is 3.54. The molecule has 0 aromatic carbocycles. The van der Waals surface area contributed by atoms with Gasteiger partial charge in [0, 0.05) is 18.3 Å². The summed E-state index contributed by atoms with van der Waals surface area (Å²) in [5.41, 5.74) is 0.809. The summed E-state index contributed by atoms with van der Waals surface area (Å²) < 4.78 is 9.93. The summed E-state index contributed by atoms with van der Waals surface area (Å²) in [4.78, 5) is 8.16. The van der Waals surface area contributed by atoms with Crippen molar-refractivity contribution in [2.45, 2.75) is 13.5 Å². The monoisotopic (exact) mass is 220 g/mol. The first-order valence-electron chi connectivity index (χ1n) is 4.81. The van der Waals surface area contributed by atoms with Gasteiger partial charge in [0.1, 0.15) is 11.5 Å². The lowest BCUT2D eigenvalue weighted by molar-refractivity contribution is 0.391. The van der Waals surface area contributed by atoms with Crippen molar-refractivity contribution in [2.75, 3.05) is 12.4 Å². The molecule has 0 amide bonds. The van der Waals surface area contributed by atoms with E-state index in [9.17, 15) is 0 Å². The summed E-state index contributed by atoms with van der Waals surface area (Å²) in [6.07, 6.45) is 1.63. The number of anilines is 1. The molecular weight excluding hydrogens is 208 g/mol. The molecule has 16 heavy (non-hydrogen) atoms. The Hall–Kier alpha value is -2.11. The Morgan fingerprint density at radius 3 is 3.06 bits per heavy atom. The third-order valence-corrected chi connectivity index (χ3v) is 1.94. The Balaban J connectivity index is 1.99. The van der Waals surface area contributed by atoms with Crippen molar-refractivity contribution < 1.29 is 9.26 Å². The van der Waals surface area contributed by atoms with Crippen LogP contribution in [0.1, 0.15) is 11.5 Å². The molecule has 6 nitrogen and oxygen atoms in total. The largest absolute Gasteiger partial charge is 0.481 e. The molecule has 0 aliphatic carbocycles. The van der Waals surface area contributed by atoms with Gasteiger partial charge in [0.05, 0.1) is 13.7 Å². The van der Waals surface area contributed by atoms with Gasteiger partial charge in [-0.1, -0.05) is 5.16 Å². The van der Waals surface area contributed by atoms with Gasteiger partial charge >= 0.3 is 0 Å². The predicted octanol–water partition coefficient (Wildman–Crippen LogP) is 1.39. The van der Waals surface area contributed by atoms with Crippen molar-refractivity contribution in [3.05, 3.63) is 29.8 Å². The second-order valence-corrected chi connectivity index (χ2v) is 3.21. The molecule has 0 unspecified atom stereocenters. The molecule has 2 aromatic heterocycles. The highest BCUT2D eigenvalue weighted by atomic mass is 16.5. The number of aryl methyl sites for hydroxylation is 1. The van der Waals surface area contributed by atoms with E-state index in [2.05, 4.69) is 20.4 Å². The minimum absolute atomic E-state index is 0.500. The maximum absolute atomic E-state index is 4.99. The van der Waals surface area contributed by atoms with E-state index in [-0.39, 0.29) is 0 Å². The van der Waals surface area contributed by atoms with Gasteiger partial charge in [-0.2, -0.15) is 4.98 Å². The second kappa shape index (κ2) is 4.61. The molecule has 0 spiro atoms. The van der Waals surface area contributed by atoms with Crippen LogP contribution in [0.5, 0.6) is 5.88 Å². The topological polar surface area (TPSA) is 73.1 Å². The Morgan fingerprint density at radius 2 is 2.38 bits per heavy atom. The normalized spacial score (nSPS) is 10.1. The van der Waals surface area contributed by atoms with Crippen molar-refractivity contribution in [3.63, 3.8) is 0 Å². The highest BCUT2D eigenvalue weighted by Gasteiger charge is 2.02. The average Bonchev–Trinajstić information content (AvgIpc) is 2.73. The maximum atomic E-state index is 4.99. The van der Waals surface area contributed by atoms with Gasteiger partial charge in [-0.25, -0.2) is 4.98 Å². The fourth-order valence-corrected chi connectivity index (χ4v) is 1.21.